The summed E-state index contributed by atoms with van der Waals surface area (Å²) in [6.45, 7) is 7.08. The molecule has 3 saturated heterocycles. The van der Waals surface area contributed by atoms with E-state index in [2.05, 4.69) is 46.4 Å². The predicted octanol–water partition coefficient (Wildman–Crippen LogP) is 5.26. The zero-order chi connectivity index (χ0) is 49.9. The number of aryl methyl sites for hydroxylation is 1. The van der Waals surface area contributed by atoms with Crippen molar-refractivity contribution in [1.29, 1.82) is 0 Å². The van der Waals surface area contributed by atoms with Gasteiger partial charge in [-0.25, -0.2) is 14.8 Å². The molecule has 10 rings (SSSR count). The number of aromatic amines is 1. The third kappa shape index (κ3) is 10.8. The van der Waals surface area contributed by atoms with Crippen molar-refractivity contribution in [2.45, 2.75) is 128 Å². The van der Waals surface area contributed by atoms with E-state index in [9.17, 15) is 33.6 Å². The number of nitrogens with zero attached hydrogens (tertiary/aromatic N) is 8. The van der Waals surface area contributed by atoms with Gasteiger partial charge in [0.2, 0.25) is 35.5 Å². The lowest BCUT2D eigenvalue weighted by Crippen LogP contribution is -2.55. The Bertz CT molecular complexity index is 2810. The number of para-hydroxylation sites is 1. The van der Waals surface area contributed by atoms with Crippen molar-refractivity contribution in [3.8, 4) is 5.75 Å². The third-order valence-corrected chi connectivity index (χ3v) is 14.1. The molecular formula is C50H64N12O8. The number of carbonyl (C=O) groups is 6. The second-order valence-corrected chi connectivity index (χ2v) is 19.6. The molecule has 7 heterocycles. The van der Waals surface area contributed by atoms with Gasteiger partial charge in [0, 0.05) is 84.1 Å². The first-order valence-corrected chi connectivity index (χ1v) is 24.4. The molecule has 20 heteroatoms. The molecule has 5 aromatic rings. The highest BCUT2D eigenvalue weighted by atomic mass is 16.5. The summed E-state index contributed by atoms with van der Waals surface area (Å²) in [5.41, 5.74) is 4.66. The molecule has 2 aliphatic carbocycles. The number of benzene rings is 1. The summed E-state index contributed by atoms with van der Waals surface area (Å²) in [5, 5.41) is 8.55. The average Bonchev–Trinajstić information content (AvgIpc) is 4.05. The van der Waals surface area contributed by atoms with E-state index in [0.29, 0.717) is 55.0 Å². The molecule has 1 aromatic carbocycles. The number of rotatable bonds is 9. The molecule has 0 radical (unpaired) electrons. The summed E-state index contributed by atoms with van der Waals surface area (Å²) in [5.74, 6) is 0.769. The van der Waals surface area contributed by atoms with Crippen molar-refractivity contribution in [3.05, 3.63) is 65.0 Å². The highest BCUT2D eigenvalue weighted by Gasteiger charge is 2.47. The molecule has 1 unspecified atom stereocenters. The molecule has 4 N–H and O–H groups in total. The quantitative estimate of drug-likeness (QED) is 0.138. The molecule has 2 saturated carbocycles. The molecule has 5 fully saturated rings. The number of fused-ring (bicyclic) bond motifs is 2. The lowest BCUT2D eigenvalue weighted by Gasteiger charge is -2.52. The van der Waals surface area contributed by atoms with Gasteiger partial charge in [-0.3, -0.25) is 44.0 Å². The van der Waals surface area contributed by atoms with Crippen LogP contribution in [-0.4, -0.2) is 120 Å². The van der Waals surface area contributed by atoms with Gasteiger partial charge in [-0.05, 0) is 101 Å². The maximum absolute atomic E-state index is 13.0. The Morgan fingerprint density at radius 1 is 0.871 bits per heavy atom. The van der Waals surface area contributed by atoms with E-state index in [1.165, 1.54) is 11.8 Å². The van der Waals surface area contributed by atoms with Crippen molar-refractivity contribution < 1.29 is 33.5 Å². The van der Waals surface area contributed by atoms with Crippen LogP contribution in [-0.2, 0) is 31.0 Å². The number of imidazole rings is 1. The number of H-pyrrole nitrogens is 1. The third-order valence-electron chi connectivity index (χ3n) is 14.1. The number of pyridine rings is 1. The van der Waals surface area contributed by atoms with E-state index in [1.54, 1.807) is 36.0 Å². The van der Waals surface area contributed by atoms with Gasteiger partial charge in [0.05, 0.1) is 29.0 Å². The standard InChI is InChI=1S/C35H41N9O3.C10H16N2O3.C5H7NO2/c1-41(2)32(45)28-17-22-20-37-33(40-31(22)44(28)23-7-4-5-8-23)39-29-12-11-24(21-36-29)47-25-18-35(19-25)13-15-43(16-14-35)27-10-6-9-26-30(27)42(3)34(46)38-26;1-6(2)12(7(3)13)8-4-5-9(14)11-10(8)15;7-4-2-1-3-5(8)6-4/h6,9-12,17,20-21,23,25H,4-5,7-8,13-16,18-19H2,1-3H3,(H,38,46)(H,36,37,39,40);6,8H,4-5H2,1-3H3,(H,11,14,15);1-3H2,(H,6,7,8). The zero-order valence-corrected chi connectivity index (χ0v) is 40.9. The van der Waals surface area contributed by atoms with E-state index >= 15 is 0 Å². The van der Waals surface area contributed by atoms with Gasteiger partial charge < -0.3 is 34.3 Å². The van der Waals surface area contributed by atoms with Crippen molar-refractivity contribution >= 4 is 75.0 Å². The first-order chi connectivity index (χ1) is 33.5. The molecule has 1 spiro atoms. The molecule has 3 aliphatic heterocycles. The maximum atomic E-state index is 13.0. The number of nitrogens with one attached hydrogen (secondary N) is 4. The summed E-state index contributed by atoms with van der Waals surface area (Å²) in [6, 6.07) is 11.6. The zero-order valence-electron chi connectivity index (χ0n) is 40.9. The Labute approximate surface area is 405 Å². The molecule has 5 aliphatic rings. The molecule has 4 aromatic heterocycles. The lowest BCUT2D eigenvalue weighted by atomic mass is 9.61. The summed E-state index contributed by atoms with van der Waals surface area (Å²) >= 11 is 0. The van der Waals surface area contributed by atoms with Crippen LogP contribution in [0.1, 0.15) is 121 Å². The van der Waals surface area contributed by atoms with Crippen LogP contribution < -0.4 is 31.3 Å². The highest BCUT2D eigenvalue weighted by Crippen LogP contribution is 2.51. The number of piperidine rings is 3. The molecular weight excluding hydrogens is 897 g/mol. The smallest absolute Gasteiger partial charge is 0.326 e. The van der Waals surface area contributed by atoms with Crippen LogP contribution in [0.3, 0.4) is 0 Å². The molecule has 70 heavy (non-hydrogen) atoms. The van der Waals surface area contributed by atoms with Crippen molar-refractivity contribution in [2.24, 2.45) is 12.5 Å². The number of carbonyl (C=O) groups excluding carboxylic acids is 6. The van der Waals surface area contributed by atoms with Crippen LogP contribution in [0.4, 0.5) is 17.5 Å². The van der Waals surface area contributed by atoms with Crippen LogP contribution >= 0.6 is 0 Å². The van der Waals surface area contributed by atoms with Crippen LogP contribution in [0.2, 0.25) is 0 Å². The van der Waals surface area contributed by atoms with Crippen LogP contribution in [0, 0.1) is 5.41 Å². The van der Waals surface area contributed by atoms with Crippen LogP contribution in [0.15, 0.2) is 53.6 Å². The summed E-state index contributed by atoms with van der Waals surface area (Å²) in [6.07, 6.45) is 14.9. The van der Waals surface area contributed by atoms with Crippen LogP contribution in [0.5, 0.6) is 5.75 Å². The molecule has 20 nitrogen and oxygen atoms in total. The second-order valence-electron chi connectivity index (χ2n) is 19.6. The number of imide groups is 2. The van der Waals surface area contributed by atoms with Crippen molar-refractivity contribution in [3.63, 3.8) is 0 Å². The number of amides is 6. The predicted molar refractivity (Wildman–Crippen MR) is 262 cm³/mol. The highest BCUT2D eigenvalue weighted by molar-refractivity contribution is 6.02. The largest absolute Gasteiger partial charge is 0.489 e. The summed E-state index contributed by atoms with van der Waals surface area (Å²) < 4.78 is 10.2. The number of aromatic nitrogens is 6. The monoisotopic (exact) mass is 960 g/mol. The Kier molecular flexibility index (Phi) is 14.7. The van der Waals surface area contributed by atoms with Gasteiger partial charge in [0.25, 0.3) is 5.91 Å². The fourth-order valence-corrected chi connectivity index (χ4v) is 10.6. The van der Waals surface area contributed by atoms with Gasteiger partial charge in [0.1, 0.15) is 29.0 Å². The van der Waals surface area contributed by atoms with Gasteiger partial charge in [-0.15, -0.1) is 0 Å². The molecule has 1 atom stereocenters. The minimum absolute atomic E-state index is 0.0240. The molecule has 372 valence electrons. The maximum Gasteiger partial charge on any atom is 0.326 e. The minimum Gasteiger partial charge on any atom is -0.489 e. The van der Waals surface area contributed by atoms with Crippen molar-refractivity contribution in [1.82, 2.24) is 49.5 Å². The number of ether oxygens (including phenoxy) is 1. The topological polar surface area (TPSA) is 239 Å². The Hall–Kier alpha value is -7.12. The Morgan fingerprint density at radius 3 is 2.17 bits per heavy atom. The average molecular weight is 961 g/mol. The van der Waals surface area contributed by atoms with E-state index in [-0.39, 0.29) is 59.3 Å². The van der Waals surface area contributed by atoms with E-state index in [0.717, 1.165) is 98.0 Å². The van der Waals surface area contributed by atoms with Gasteiger partial charge in [-0.1, -0.05) is 18.9 Å². The van der Waals surface area contributed by atoms with E-state index in [4.69, 9.17) is 9.72 Å². The molecule has 6 amide bonds. The van der Waals surface area contributed by atoms with Crippen molar-refractivity contribution in [2.75, 3.05) is 37.4 Å². The van der Waals surface area contributed by atoms with Crippen LogP contribution in [0.25, 0.3) is 22.1 Å². The minimum atomic E-state index is -0.500. The lowest BCUT2D eigenvalue weighted by molar-refractivity contribution is -0.146. The summed E-state index contributed by atoms with van der Waals surface area (Å²) in [7, 11) is 5.39. The number of hydrogen-bond donors (Lipinski definition) is 4. The van der Waals surface area contributed by atoms with E-state index in [1.807, 2.05) is 51.2 Å². The fourth-order valence-electron chi connectivity index (χ4n) is 10.6. The first-order valence-electron chi connectivity index (χ1n) is 24.4. The summed E-state index contributed by atoms with van der Waals surface area (Å²) in [4.78, 5) is 102. The molecule has 0 bridgehead atoms. The van der Waals surface area contributed by atoms with Gasteiger partial charge in [0.15, 0.2) is 0 Å². The number of anilines is 3. The first kappa shape index (κ1) is 49.3. The normalized spacial score (nSPS) is 19.2. The Balaban J connectivity index is 0.000000235. The SMILES string of the molecule is CC(=O)N(C(C)C)C1CCC(=O)NC1=O.CN(C)C(=O)c1cc2cnc(Nc3ccc(OC4CC5(CCN(c6cccc7[nH]c(=O)n(C)c67)CC5)C4)cn3)nc2n1C1CCCC1.O=C1CCCC(=O)N1. The second kappa shape index (κ2) is 20.9. The fraction of sp³-hybridized carbons (Fsp3) is 0.520. The Morgan fingerprint density at radius 2 is 1.57 bits per heavy atom. The van der Waals surface area contributed by atoms with Gasteiger partial charge >= 0.3 is 5.69 Å². The van der Waals surface area contributed by atoms with E-state index < -0.39 is 6.04 Å². The number of hydrogen-bond acceptors (Lipinski definition) is 13. The van der Waals surface area contributed by atoms with Gasteiger partial charge in [-0.2, -0.15) is 4.98 Å².